The van der Waals surface area contributed by atoms with Crippen LogP contribution in [0, 0.1) is 0 Å². The highest BCUT2D eigenvalue weighted by Crippen LogP contribution is 2.22. The van der Waals surface area contributed by atoms with E-state index in [1.807, 2.05) is 0 Å². The Balaban J connectivity index is 1.90. The topological polar surface area (TPSA) is 74.7 Å². The Bertz CT molecular complexity index is 556. The van der Waals surface area contributed by atoms with Crippen LogP contribution in [-0.2, 0) is 4.79 Å². The summed E-state index contributed by atoms with van der Waals surface area (Å²) in [6.07, 6.45) is 1.51. The molecule has 20 heavy (non-hydrogen) atoms. The summed E-state index contributed by atoms with van der Waals surface area (Å²) in [6, 6.07) is 6.73. The lowest BCUT2D eigenvalue weighted by molar-refractivity contribution is -0.132. The molecular formula is C15H15NO4. The fourth-order valence-electron chi connectivity index (χ4n) is 2.16. The van der Waals surface area contributed by atoms with Crippen LogP contribution in [0.2, 0.25) is 0 Å². The second kappa shape index (κ2) is 5.69. The van der Waals surface area contributed by atoms with Crippen molar-refractivity contribution in [3.05, 3.63) is 47.5 Å². The first-order chi connectivity index (χ1) is 9.52. The van der Waals surface area contributed by atoms with Gasteiger partial charge in [0, 0.05) is 12.1 Å². The average molecular weight is 273 g/mol. The predicted octanol–water partition coefficient (Wildman–Crippen LogP) is 2.09. The highest BCUT2D eigenvalue weighted by Gasteiger charge is 2.34. The van der Waals surface area contributed by atoms with E-state index in [1.54, 1.807) is 24.3 Å². The Morgan fingerprint density at radius 1 is 1.10 bits per heavy atom. The van der Waals surface area contributed by atoms with E-state index in [-0.39, 0.29) is 17.4 Å². The number of nitrogens with zero attached hydrogens (tertiary/aromatic N) is 1. The molecule has 0 aromatic heterocycles. The summed E-state index contributed by atoms with van der Waals surface area (Å²) < 4.78 is 0. The van der Waals surface area contributed by atoms with Crippen molar-refractivity contribution in [2.24, 2.45) is 0 Å². The first-order valence-electron chi connectivity index (χ1n) is 6.38. The second-order valence-electron chi connectivity index (χ2n) is 4.67. The fourth-order valence-corrected chi connectivity index (χ4v) is 2.16. The molecule has 5 nitrogen and oxygen atoms in total. The molecule has 0 bridgehead atoms. The molecule has 1 N–H and O–H groups in total. The lowest BCUT2D eigenvalue weighted by Crippen LogP contribution is -2.30. The number of carbonyl (C=O) groups is 3. The number of carboxylic acids is 1. The number of benzene rings is 1. The van der Waals surface area contributed by atoms with Crippen LogP contribution in [0.3, 0.4) is 0 Å². The lowest BCUT2D eigenvalue weighted by Gasteiger charge is -2.13. The summed E-state index contributed by atoms with van der Waals surface area (Å²) in [5.41, 5.74) is 1.02. The van der Waals surface area contributed by atoms with Gasteiger partial charge in [0.05, 0.1) is 11.1 Å². The van der Waals surface area contributed by atoms with Gasteiger partial charge in [-0.1, -0.05) is 18.7 Å². The third-order valence-corrected chi connectivity index (χ3v) is 3.29. The van der Waals surface area contributed by atoms with Gasteiger partial charge in [0.15, 0.2) is 0 Å². The fraction of sp³-hybridized carbons (Fsp3) is 0.267. The van der Waals surface area contributed by atoms with Crippen molar-refractivity contribution in [2.75, 3.05) is 6.54 Å². The monoisotopic (exact) mass is 273 g/mol. The summed E-state index contributed by atoms with van der Waals surface area (Å²) in [7, 11) is 0. The van der Waals surface area contributed by atoms with Gasteiger partial charge in [-0.3, -0.25) is 14.5 Å². The highest BCUT2D eigenvalue weighted by molar-refractivity contribution is 6.21. The maximum atomic E-state index is 12.0. The Morgan fingerprint density at radius 2 is 1.65 bits per heavy atom. The maximum Gasteiger partial charge on any atom is 0.330 e. The first kappa shape index (κ1) is 14.0. The summed E-state index contributed by atoms with van der Waals surface area (Å²) in [6.45, 7) is 3.74. The van der Waals surface area contributed by atoms with E-state index < -0.39 is 5.97 Å². The minimum atomic E-state index is -1.01. The molecule has 2 amide bonds. The van der Waals surface area contributed by atoms with Gasteiger partial charge in [-0.2, -0.15) is 0 Å². The van der Waals surface area contributed by atoms with Crippen LogP contribution < -0.4 is 0 Å². The number of fused-ring (bicyclic) bond motifs is 1. The molecule has 1 aromatic carbocycles. The zero-order valence-corrected chi connectivity index (χ0v) is 11.0. The van der Waals surface area contributed by atoms with Gasteiger partial charge in [0.1, 0.15) is 0 Å². The largest absolute Gasteiger partial charge is 0.478 e. The van der Waals surface area contributed by atoms with Gasteiger partial charge < -0.3 is 5.11 Å². The molecule has 1 aliphatic rings. The van der Waals surface area contributed by atoms with Crippen molar-refractivity contribution < 1.29 is 19.5 Å². The van der Waals surface area contributed by atoms with Gasteiger partial charge in [-0.15, -0.1) is 0 Å². The van der Waals surface area contributed by atoms with Crippen LogP contribution in [0.15, 0.2) is 36.4 Å². The molecule has 1 aromatic rings. The average Bonchev–Trinajstić information content (AvgIpc) is 2.68. The molecule has 0 aliphatic carbocycles. The van der Waals surface area contributed by atoms with E-state index in [4.69, 9.17) is 5.11 Å². The van der Waals surface area contributed by atoms with E-state index in [2.05, 4.69) is 6.58 Å². The molecule has 0 saturated carbocycles. The standard InChI is InChI=1S/C15H15NO4/c1-10(15(19)20)6-4-5-9-16-13(17)11-7-2-3-8-12(11)14(16)18/h2-3,7-8H,1,4-6,9H2,(H,19,20). The van der Waals surface area contributed by atoms with Crippen LogP contribution in [0.5, 0.6) is 0 Å². The molecule has 0 radical (unpaired) electrons. The predicted molar refractivity (Wildman–Crippen MR) is 72.4 cm³/mol. The molecule has 2 rings (SSSR count). The smallest absolute Gasteiger partial charge is 0.330 e. The molecular weight excluding hydrogens is 258 g/mol. The van der Waals surface area contributed by atoms with Gasteiger partial charge in [0.2, 0.25) is 0 Å². The minimum absolute atomic E-state index is 0.146. The van der Waals surface area contributed by atoms with E-state index in [0.717, 1.165) is 0 Å². The molecule has 1 aliphatic heterocycles. The first-order valence-corrected chi connectivity index (χ1v) is 6.38. The highest BCUT2D eigenvalue weighted by atomic mass is 16.4. The van der Waals surface area contributed by atoms with Gasteiger partial charge in [-0.05, 0) is 31.4 Å². The van der Waals surface area contributed by atoms with Crippen molar-refractivity contribution in [1.82, 2.24) is 4.90 Å². The van der Waals surface area contributed by atoms with Crippen molar-refractivity contribution in [2.45, 2.75) is 19.3 Å². The molecule has 0 unspecified atom stereocenters. The van der Waals surface area contributed by atoms with Crippen LogP contribution in [0.4, 0.5) is 0 Å². The third kappa shape index (κ3) is 2.61. The van der Waals surface area contributed by atoms with Crippen LogP contribution in [-0.4, -0.2) is 34.3 Å². The zero-order chi connectivity index (χ0) is 14.7. The maximum absolute atomic E-state index is 12.0. The van der Waals surface area contributed by atoms with Crippen LogP contribution in [0.25, 0.3) is 0 Å². The second-order valence-corrected chi connectivity index (χ2v) is 4.67. The normalized spacial score (nSPS) is 13.5. The molecule has 0 fully saturated rings. The number of carboxylic acid groups (broad SMARTS) is 1. The molecule has 0 saturated heterocycles. The van der Waals surface area contributed by atoms with Gasteiger partial charge >= 0.3 is 5.97 Å². The number of imide groups is 1. The van der Waals surface area contributed by atoms with Crippen molar-refractivity contribution in [3.63, 3.8) is 0 Å². The lowest BCUT2D eigenvalue weighted by atomic mass is 10.1. The van der Waals surface area contributed by atoms with Crippen molar-refractivity contribution in [1.29, 1.82) is 0 Å². The number of hydrogen-bond donors (Lipinski definition) is 1. The molecule has 0 atom stereocenters. The zero-order valence-electron chi connectivity index (χ0n) is 11.0. The van der Waals surface area contributed by atoms with E-state index in [9.17, 15) is 14.4 Å². The van der Waals surface area contributed by atoms with Crippen molar-refractivity contribution in [3.8, 4) is 0 Å². The number of hydrogen-bond acceptors (Lipinski definition) is 3. The Hall–Kier alpha value is -2.43. The minimum Gasteiger partial charge on any atom is -0.478 e. The summed E-state index contributed by atoms with van der Waals surface area (Å²) in [5, 5.41) is 8.68. The van der Waals surface area contributed by atoms with Gasteiger partial charge in [0.25, 0.3) is 11.8 Å². The van der Waals surface area contributed by atoms with Gasteiger partial charge in [-0.25, -0.2) is 4.79 Å². The van der Waals surface area contributed by atoms with E-state index in [0.29, 0.717) is 36.9 Å². The quantitative estimate of drug-likeness (QED) is 0.489. The van der Waals surface area contributed by atoms with Crippen molar-refractivity contribution >= 4 is 17.8 Å². The SMILES string of the molecule is C=C(CCCCN1C(=O)c2ccccc2C1=O)C(=O)O. The summed E-state index contributed by atoms with van der Waals surface area (Å²) in [5.74, 6) is -1.56. The number of aliphatic carboxylic acids is 1. The molecule has 5 heteroatoms. The summed E-state index contributed by atoms with van der Waals surface area (Å²) >= 11 is 0. The van der Waals surface area contributed by atoms with E-state index >= 15 is 0 Å². The number of amides is 2. The Morgan fingerprint density at radius 3 is 2.15 bits per heavy atom. The van der Waals surface area contributed by atoms with Crippen LogP contribution >= 0.6 is 0 Å². The molecule has 104 valence electrons. The molecule has 0 spiro atoms. The Labute approximate surface area is 116 Å². The third-order valence-electron chi connectivity index (χ3n) is 3.29. The number of carbonyl (C=O) groups excluding carboxylic acids is 2. The molecule has 1 heterocycles. The van der Waals surface area contributed by atoms with Crippen LogP contribution in [0.1, 0.15) is 40.0 Å². The number of rotatable bonds is 6. The Kier molecular flexibility index (Phi) is 3.98. The summed E-state index contributed by atoms with van der Waals surface area (Å²) in [4.78, 5) is 35.9. The number of unbranched alkanes of at least 4 members (excludes halogenated alkanes) is 1. The van der Waals surface area contributed by atoms with E-state index in [1.165, 1.54) is 4.90 Å².